The van der Waals surface area contributed by atoms with Crippen LogP contribution in [-0.2, 0) is 0 Å². The van der Waals surface area contributed by atoms with Crippen molar-refractivity contribution in [3.8, 4) is 0 Å². The highest BCUT2D eigenvalue weighted by Crippen LogP contribution is 2.24. The van der Waals surface area contributed by atoms with Gasteiger partial charge in [0.15, 0.2) is 0 Å². The zero-order chi connectivity index (χ0) is 10.2. The Kier molecular flexibility index (Phi) is 2.39. The molecule has 76 valence electrons. The molecule has 1 aromatic carbocycles. The first-order chi connectivity index (χ1) is 6.59. The summed E-state index contributed by atoms with van der Waals surface area (Å²) < 4.78 is 0. The second-order valence-electron chi connectivity index (χ2n) is 5.05. The van der Waals surface area contributed by atoms with Crippen molar-refractivity contribution >= 4 is 20.4 Å². The summed E-state index contributed by atoms with van der Waals surface area (Å²) in [5.74, 6) is 0. The number of hydrogen-bond donors (Lipinski definition) is 0. The summed E-state index contributed by atoms with van der Waals surface area (Å²) >= 11 is 0. The third-order valence-electron chi connectivity index (χ3n) is 2.92. The van der Waals surface area contributed by atoms with Crippen LogP contribution in [0.4, 0.5) is 5.69 Å². The van der Waals surface area contributed by atoms with Crippen molar-refractivity contribution in [3.05, 3.63) is 24.3 Å². The molecule has 1 heterocycles. The van der Waals surface area contributed by atoms with E-state index in [4.69, 9.17) is 0 Å². The lowest BCUT2D eigenvalue weighted by Crippen LogP contribution is -2.48. The van der Waals surface area contributed by atoms with Gasteiger partial charge >= 0.3 is 0 Å². The van der Waals surface area contributed by atoms with Crippen LogP contribution >= 0.6 is 0 Å². The maximum absolute atomic E-state index is 2.55. The van der Waals surface area contributed by atoms with Crippen molar-refractivity contribution in [3.63, 3.8) is 0 Å². The number of rotatable bonds is 0. The van der Waals surface area contributed by atoms with Crippen LogP contribution in [0.2, 0.25) is 6.04 Å². The van der Waals surface area contributed by atoms with Gasteiger partial charge in [0.1, 0.15) is 0 Å². The van der Waals surface area contributed by atoms with Crippen LogP contribution in [0, 0.1) is 0 Å². The van der Waals surface area contributed by atoms with Crippen molar-refractivity contribution < 1.29 is 0 Å². The molecule has 0 radical (unpaired) electrons. The minimum Gasteiger partial charge on any atom is -0.367 e. The predicted octanol–water partition coefficient (Wildman–Crippen LogP) is 1.52. The van der Waals surface area contributed by atoms with E-state index in [1.54, 1.807) is 5.19 Å². The molecule has 2 heteroatoms. The molecule has 0 atom stereocenters. The summed E-state index contributed by atoms with van der Waals surface area (Å²) in [6, 6.07) is 10.4. The van der Waals surface area contributed by atoms with Gasteiger partial charge in [0, 0.05) is 17.8 Å². The van der Waals surface area contributed by atoms with Crippen LogP contribution < -0.4 is 10.1 Å². The fourth-order valence-electron chi connectivity index (χ4n) is 2.23. The maximum atomic E-state index is 2.55. The Labute approximate surface area is 88.9 Å². The molecule has 0 bridgehead atoms. The third kappa shape index (κ3) is 1.71. The van der Waals surface area contributed by atoms with Gasteiger partial charge in [-0.2, -0.15) is 0 Å². The van der Waals surface area contributed by atoms with E-state index in [1.165, 1.54) is 18.3 Å². The molecular weight excluding hydrogens is 186 g/mol. The average Bonchev–Trinajstić information content (AvgIpc) is 2.15. The molecule has 0 unspecified atom stereocenters. The fourth-order valence-corrected chi connectivity index (χ4v) is 3.95. The second-order valence-corrected chi connectivity index (χ2v) is 7.02. The minimum absolute atomic E-state index is 0.0254. The first kappa shape index (κ1) is 9.78. The Balaban J connectivity index is 2.41. The number of benzene rings is 1. The molecule has 0 aromatic heterocycles. The van der Waals surface area contributed by atoms with Crippen molar-refractivity contribution in [2.45, 2.75) is 32.4 Å². The van der Waals surface area contributed by atoms with E-state index in [1.807, 2.05) is 0 Å². The van der Waals surface area contributed by atoms with Crippen molar-refractivity contribution in [1.82, 2.24) is 0 Å². The van der Waals surface area contributed by atoms with Gasteiger partial charge in [-0.1, -0.05) is 18.2 Å². The molecule has 14 heavy (non-hydrogen) atoms. The summed E-state index contributed by atoms with van der Waals surface area (Å²) in [7, 11) is 0.0254. The number of fused-ring (bicyclic) bond motifs is 1. The number of anilines is 1. The minimum atomic E-state index is 0.0254. The third-order valence-corrected chi connectivity index (χ3v) is 4.73. The van der Waals surface area contributed by atoms with Crippen LogP contribution in [0.1, 0.15) is 20.8 Å². The van der Waals surface area contributed by atoms with Gasteiger partial charge < -0.3 is 4.90 Å². The fraction of sp³-hybridized carbons (Fsp3) is 0.500. The standard InChI is InChI=1S/C12H19NSi/c1-12(2,3)13-8-9-14-11-7-5-4-6-10(11)13/h4-7H,8-9,14H2,1-3H3. The predicted molar refractivity (Wildman–Crippen MR) is 66.5 cm³/mol. The molecule has 0 N–H and O–H groups in total. The van der Waals surface area contributed by atoms with E-state index in [9.17, 15) is 0 Å². The summed E-state index contributed by atoms with van der Waals surface area (Å²) in [5, 5.41) is 1.65. The molecule has 0 saturated carbocycles. The van der Waals surface area contributed by atoms with Crippen molar-refractivity contribution in [2.24, 2.45) is 0 Å². The maximum Gasteiger partial charge on any atom is 0.0592 e. The van der Waals surface area contributed by atoms with Crippen molar-refractivity contribution in [1.29, 1.82) is 0 Å². The Morgan fingerprint density at radius 3 is 2.64 bits per heavy atom. The van der Waals surface area contributed by atoms with Crippen LogP contribution in [0.5, 0.6) is 0 Å². The monoisotopic (exact) mass is 205 g/mol. The number of hydrogen-bond acceptors (Lipinski definition) is 1. The lowest BCUT2D eigenvalue weighted by molar-refractivity contribution is 0.512. The van der Waals surface area contributed by atoms with E-state index in [0.717, 1.165) is 0 Å². The summed E-state index contributed by atoms with van der Waals surface area (Å²) in [4.78, 5) is 2.55. The molecule has 1 nitrogen and oxygen atoms in total. The highest BCUT2D eigenvalue weighted by molar-refractivity contribution is 6.56. The Morgan fingerprint density at radius 2 is 1.93 bits per heavy atom. The van der Waals surface area contributed by atoms with Crippen LogP contribution in [0.25, 0.3) is 0 Å². The first-order valence-corrected chi connectivity index (χ1v) is 7.15. The number of nitrogens with zero attached hydrogens (tertiary/aromatic N) is 1. The molecule has 0 amide bonds. The molecule has 0 fully saturated rings. The van der Waals surface area contributed by atoms with E-state index >= 15 is 0 Å². The summed E-state index contributed by atoms with van der Waals surface area (Å²) in [5.41, 5.74) is 1.77. The van der Waals surface area contributed by atoms with Gasteiger partial charge in [-0.3, -0.25) is 0 Å². The molecule has 1 aliphatic heterocycles. The smallest absolute Gasteiger partial charge is 0.0592 e. The van der Waals surface area contributed by atoms with Gasteiger partial charge in [0.2, 0.25) is 0 Å². The van der Waals surface area contributed by atoms with E-state index in [-0.39, 0.29) is 15.1 Å². The molecular formula is C12H19NSi. The summed E-state index contributed by atoms with van der Waals surface area (Å²) in [6.07, 6.45) is 0. The Hall–Kier alpha value is -0.763. The van der Waals surface area contributed by atoms with Gasteiger partial charge in [-0.15, -0.1) is 0 Å². The quantitative estimate of drug-likeness (QED) is 0.581. The average molecular weight is 205 g/mol. The molecule has 0 aliphatic carbocycles. The van der Waals surface area contributed by atoms with Crippen molar-refractivity contribution in [2.75, 3.05) is 11.4 Å². The van der Waals surface area contributed by atoms with E-state index in [2.05, 4.69) is 49.9 Å². The van der Waals surface area contributed by atoms with E-state index < -0.39 is 0 Å². The topological polar surface area (TPSA) is 3.24 Å². The number of para-hydroxylation sites is 1. The highest BCUT2D eigenvalue weighted by Gasteiger charge is 2.25. The molecule has 2 rings (SSSR count). The van der Waals surface area contributed by atoms with Crippen LogP contribution in [-0.4, -0.2) is 21.6 Å². The lowest BCUT2D eigenvalue weighted by Gasteiger charge is -2.41. The van der Waals surface area contributed by atoms with Crippen LogP contribution in [0.15, 0.2) is 24.3 Å². The lowest BCUT2D eigenvalue weighted by atomic mass is 10.0. The Bertz CT molecular complexity index is 327. The normalized spacial score (nSPS) is 18.4. The first-order valence-electron chi connectivity index (χ1n) is 5.44. The van der Waals surface area contributed by atoms with Gasteiger partial charge in [-0.05, 0) is 38.1 Å². The Morgan fingerprint density at radius 1 is 1.21 bits per heavy atom. The zero-order valence-electron chi connectivity index (χ0n) is 9.38. The molecule has 1 aromatic rings. The zero-order valence-corrected chi connectivity index (χ0v) is 10.8. The van der Waals surface area contributed by atoms with Gasteiger partial charge in [0.05, 0.1) is 9.52 Å². The SMILES string of the molecule is CC(C)(C)N1CC[SiH2]c2ccccc21. The van der Waals surface area contributed by atoms with Crippen LogP contribution in [0.3, 0.4) is 0 Å². The molecule has 0 saturated heterocycles. The molecule has 0 spiro atoms. The largest absolute Gasteiger partial charge is 0.367 e. The summed E-state index contributed by atoms with van der Waals surface area (Å²) in [6.45, 7) is 8.16. The van der Waals surface area contributed by atoms with Gasteiger partial charge in [-0.25, -0.2) is 0 Å². The molecule has 1 aliphatic rings. The highest BCUT2D eigenvalue weighted by atomic mass is 28.2. The van der Waals surface area contributed by atoms with E-state index in [0.29, 0.717) is 0 Å². The van der Waals surface area contributed by atoms with Gasteiger partial charge in [0.25, 0.3) is 0 Å². The second kappa shape index (κ2) is 3.43.